The van der Waals surface area contributed by atoms with Crippen LogP contribution in [0.5, 0.6) is 0 Å². The molecule has 1 aromatic rings. The smallest absolute Gasteiger partial charge is 0.426 e. The molecule has 0 atom stereocenters. The first-order chi connectivity index (χ1) is 9.30. The zero-order chi connectivity index (χ0) is 15.2. The third-order valence-corrected chi connectivity index (χ3v) is 2.50. The first kappa shape index (κ1) is 16.2. The molecule has 0 bridgehead atoms. The fraction of sp³-hybridized carbons (Fsp3) is 0.429. The molecule has 1 rings (SSSR count). The van der Waals surface area contributed by atoms with Crippen molar-refractivity contribution in [3.63, 3.8) is 0 Å². The molecule has 0 aliphatic carbocycles. The molecule has 0 aliphatic heterocycles. The maximum atomic E-state index is 11.4. The first-order valence-electron chi connectivity index (χ1n) is 6.45. The Morgan fingerprint density at radius 2 is 1.80 bits per heavy atom. The number of hydrazine groups is 1. The summed E-state index contributed by atoms with van der Waals surface area (Å²) >= 11 is 5.06. The van der Waals surface area contributed by atoms with E-state index < -0.39 is 11.7 Å². The molecule has 3 N–H and O–H groups in total. The molecular weight excluding hydrogens is 274 g/mol. The molecule has 0 heterocycles. The Bertz CT molecular complexity index is 466. The molecule has 0 saturated carbocycles. The fourth-order valence-corrected chi connectivity index (χ4v) is 1.57. The third kappa shape index (κ3) is 6.38. The minimum Gasteiger partial charge on any atom is -0.443 e. The second-order valence-electron chi connectivity index (χ2n) is 5.26. The van der Waals surface area contributed by atoms with Gasteiger partial charge >= 0.3 is 6.09 Å². The van der Waals surface area contributed by atoms with Crippen LogP contribution in [-0.2, 0) is 11.2 Å². The summed E-state index contributed by atoms with van der Waals surface area (Å²) in [6, 6.07) is 7.90. The van der Waals surface area contributed by atoms with Gasteiger partial charge in [0.25, 0.3) is 0 Å². The number of nitrogens with one attached hydrogen (secondary N) is 3. The molecule has 0 radical (unpaired) electrons. The van der Waals surface area contributed by atoms with E-state index in [1.807, 2.05) is 24.3 Å². The Balaban J connectivity index is 2.38. The highest BCUT2D eigenvalue weighted by Crippen LogP contribution is 2.09. The number of hydrogen-bond donors (Lipinski definition) is 3. The molecule has 5 nitrogen and oxygen atoms in total. The Kier molecular flexibility index (Phi) is 5.76. The van der Waals surface area contributed by atoms with E-state index in [2.05, 4.69) is 23.1 Å². The average Bonchev–Trinajstić information content (AvgIpc) is 2.35. The van der Waals surface area contributed by atoms with Gasteiger partial charge in [-0.2, -0.15) is 0 Å². The monoisotopic (exact) mass is 295 g/mol. The Morgan fingerprint density at radius 1 is 1.20 bits per heavy atom. The Hall–Kier alpha value is -1.82. The molecule has 0 aromatic heterocycles. The van der Waals surface area contributed by atoms with Crippen LogP contribution in [0.2, 0.25) is 0 Å². The number of ether oxygens (including phenoxy) is 1. The van der Waals surface area contributed by atoms with Crippen LogP contribution < -0.4 is 16.2 Å². The standard InChI is InChI=1S/C14H21N3O2S/c1-5-10-6-8-11(9-7-10)15-12(20)16-17-13(18)19-14(2,3)4/h6-9H,5H2,1-4H3,(H,17,18)(H2,15,16,20). The maximum Gasteiger partial charge on any atom is 0.426 e. The molecule has 1 aromatic carbocycles. The normalized spacial score (nSPS) is 10.6. The number of thiocarbonyl (C=S) groups is 1. The predicted molar refractivity (Wildman–Crippen MR) is 84.5 cm³/mol. The fourth-order valence-electron chi connectivity index (χ4n) is 1.40. The molecule has 0 aliphatic rings. The van der Waals surface area contributed by atoms with Gasteiger partial charge in [0.1, 0.15) is 5.60 Å². The van der Waals surface area contributed by atoms with Crippen LogP contribution in [-0.4, -0.2) is 16.8 Å². The summed E-state index contributed by atoms with van der Waals surface area (Å²) in [6.07, 6.45) is 0.409. The van der Waals surface area contributed by atoms with Crippen molar-refractivity contribution in [2.75, 3.05) is 5.32 Å². The van der Waals surface area contributed by atoms with Gasteiger partial charge in [0.15, 0.2) is 5.11 Å². The SMILES string of the molecule is CCc1ccc(NC(=S)NNC(=O)OC(C)(C)C)cc1. The van der Waals surface area contributed by atoms with Gasteiger partial charge in [0.2, 0.25) is 0 Å². The lowest BCUT2D eigenvalue weighted by molar-refractivity contribution is 0.0513. The van der Waals surface area contributed by atoms with Crippen molar-refractivity contribution >= 4 is 29.1 Å². The van der Waals surface area contributed by atoms with E-state index in [0.717, 1.165) is 12.1 Å². The van der Waals surface area contributed by atoms with Gasteiger partial charge in [-0.05, 0) is 57.1 Å². The molecule has 0 saturated heterocycles. The van der Waals surface area contributed by atoms with Crippen LogP contribution in [0.1, 0.15) is 33.3 Å². The summed E-state index contributed by atoms with van der Waals surface area (Å²) < 4.78 is 5.07. The minimum atomic E-state index is -0.581. The summed E-state index contributed by atoms with van der Waals surface area (Å²) in [6.45, 7) is 7.47. The maximum absolute atomic E-state index is 11.4. The molecule has 0 fully saturated rings. The van der Waals surface area contributed by atoms with E-state index in [-0.39, 0.29) is 0 Å². The number of aryl methyl sites for hydroxylation is 1. The topological polar surface area (TPSA) is 62.4 Å². The molecule has 110 valence electrons. The molecule has 1 amide bonds. The lowest BCUT2D eigenvalue weighted by Gasteiger charge is -2.20. The highest BCUT2D eigenvalue weighted by atomic mass is 32.1. The number of amides is 1. The number of carbonyl (C=O) groups excluding carboxylic acids is 1. The van der Waals surface area contributed by atoms with E-state index in [9.17, 15) is 4.79 Å². The van der Waals surface area contributed by atoms with Crippen molar-refractivity contribution in [2.24, 2.45) is 0 Å². The average molecular weight is 295 g/mol. The molecule has 6 heteroatoms. The van der Waals surface area contributed by atoms with Crippen molar-refractivity contribution in [3.05, 3.63) is 29.8 Å². The Morgan fingerprint density at radius 3 is 2.30 bits per heavy atom. The van der Waals surface area contributed by atoms with E-state index in [4.69, 9.17) is 17.0 Å². The first-order valence-corrected chi connectivity index (χ1v) is 6.86. The van der Waals surface area contributed by atoms with Gasteiger partial charge < -0.3 is 10.1 Å². The quantitative estimate of drug-likeness (QED) is 0.578. The van der Waals surface area contributed by atoms with Crippen molar-refractivity contribution in [1.29, 1.82) is 0 Å². The number of hydrogen-bond acceptors (Lipinski definition) is 3. The van der Waals surface area contributed by atoms with E-state index in [1.165, 1.54) is 5.56 Å². The zero-order valence-electron chi connectivity index (χ0n) is 12.2. The largest absolute Gasteiger partial charge is 0.443 e. The lowest BCUT2D eigenvalue weighted by atomic mass is 10.1. The molecule has 0 unspecified atom stereocenters. The summed E-state index contributed by atoms with van der Waals surface area (Å²) in [5.74, 6) is 0. The van der Waals surface area contributed by atoms with Gasteiger partial charge in [0.05, 0.1) is 0 Å². The molecule has 0 spiro atoms. The second-order valence-corrected chi connectivity index (χ2v) is 5.66. The highest BCUT2D eigenvalue weighted by molar-refractivity contribution is 7.80. The van der Waals surface area contributed by atoms with Crippen molar-refractivity contribution < 1.29 is 9.53 Å². The second kappa shape index (κ2) is 7.09. The number of carbonyl (C=O) groups is 1. The molecular formula is C14H21N3O2S. The van der Waals surface area contributed by atoms with Gasteiger partial charge in [-0.15, -0.1) is 0 Å². The van der Waals surface area contributed by atoms with Gasteiger partial charge in [-0.3, -0.25) is 5.43 Å². The van der Waals surface area contributed by atoms with Gasteiger partial charge in [-0.1, -0.05) is 19.1 Å². The number of rotatable bonds is 2. The zero-order valence-corrected chi connectivity index (χ0v) is 13.1. The van der Waals surface area contributed by atoms with Crippen LogP contribution in [0, 0.1) is 0 Å². The van der Waals surface area contributed by atoms with Crippen LogP contribution in [0.25, 0.3) is 0 Å². The summed E-state index contributed by atoms with van der Waals surface area (Å²) in [5, 5.41) is 3.25. The van der Waals surface area contributed by atoms with E-state index in [0.29, 0.717) is 5.11 Å². The van der Waals surface area contributed by atoms with E-state index in [1.54, 1.807) is 20.8 Å². The third-order valence-electron chi connectivity index (χ3n) is 2.30. The van der Waals surface area contributed by atoms with Crippen molar-refractivity contribution in [2.45, 2.75) is 39.7 Å². The van der Waals surface area contributed by atoms with Crippen LogP contribution >= 0.6 is 12.2 Å². The Labute approximate surface area is 125 Å². The minimum absolute atomic E-state index is 0.292. The van der Waals surface area contributed by atoms with Crippen LogP contribution in [0.3, 0.4) is 0 Å². The lowest BCUT2D eigenvalue weighted by Crippen LogP contribution is -2.45. The van der Waals surface area contributed by atoms with Crippen molar-refractivity contribution in [3.8, 4) is 0 Å². The number of anilines is 1. The summed E-state index contributed by atoms with van der Waals surface area (Å²) in [5.41, 5.74) is 6.50. The van der Waals surface area contributed by atoms with Gasteiger partial charge in [-0.25, -0.2) is 10.2 Å². The van der Waals surface area contributed by atoms with Crippen molar-refractivity contribution in [1.82, 2.24) is 10.9 Å². The van der Waals surface area contributed by atoms with Gasteiger partial charge in [0, 0.05) is 5.69 Å². The van der Waals surface area contributed by atoms with Crippen LogP contribution in [0.4, 0.5) is 10.5 Å². The number of benzene rings is 1. The summed E-state index contributed by atoms with van der Waals surface area (Å²) in [7, 11) is 0. The predicted octanol–water partition coefficient (Wildman–Crippen LogP) is 2.98. The molecule has 20 heavy (non-hydrogen) atoms. The highest BCUT2D eigenvalue weighted by Gasteiger charge is 2.15. The van der Waals surface area contributed by atoms with E-state index >= 15 is 0 Å². The van der Waals surface area contributed by atoms with Crippen LogP contribution in [0.15, 0.2) is 24.3 Å². The summed E-state index contributed by atoms with van der Waals surface area (Å²) in [4.78, 5) is 11.4.